The zero-order valence-corrected chi connectivity index (χ0v) is 9.46. The smallest absolute Gasteiger partial charge is 0.225 e. The predicted molar refractivity (Wildman–Crippen MR) is 69.6 cm³/mol. The van der Waals surface area contributed by atoms with Crippen molar-refractivity contribution in [3.63, 3.8) is 0 Å². The van der Waals surface area contributed by atoms with Crippen LogP contribution in [0.5, 0.6) is 0 Å². The van der Waals surface area contributed by atoms with Crippen LogP contribution in [-0.2, 0) is 4.79 Å². The third-order valence-corrected chi connectivity index (χ3v) is 2.91. The number of para-hydroxylation sites is 1. The molecular formula is C15H9NO2. The number of hydrogen-bond donors (Lipinski definition) is 0. The van der Waals surface area contributed by atoms with Gasteiger partial charge in [0, 0.05) is 16.3 Å². The molecule has 0 bridgehead atoms. The summed E-state index contributed by atoms with van der Waals surface area (Å²) in [7, 11) is 0. The van der Waals surface area contributed by atoms with Gasteiger partial charge in [0.1, 0.15) is 0 Å². The van der Waals surface area contributed by atoms with Crippen molar-refractivity contribution in [3.05, 3.63) is 54.1 Å². The summed E-state index contributed by atoms with van der Waals surface area (Å²) in [5.41, 5.74) is 2.13. The van der Waals surface area contributed by atoms with Crippen molar-refractivity contribution in [1.82, 2.24) is 4.98 Å². The number of hydrogen-bond acceptors (Lipinski definition) is 3. The van der Waals surface area contributed by atoms with Gasteiger partial charge in [-0.15, -0.1) is 0 Å². The predicted octanol–water partition coefficient (Wildman–Crippen LogP) is 2.77. The molecule has 0 spiro atoms. The number of ketones is 1. The van der Waals surface area contributed by atoms with Crippen molar-refractivity contribution >= 4 is 33.9 Å². The molecule has 0 N–H and O–H groups in total. The maximum absolute atomic E-state index is 11.3. The van der Waals surface area contributed by atoms with Crippen molar-refractivity contribution in [2.24, 2.45) is 0 Å². The second-order valence-corrected chi connectivity index (χ2v) is 4.07. The number of aldehydes is 1. The third kappa shape index (κ3) is 1.66. The molecule has 18 heavy (non-hydrogen) atoms. The molecule has 0 unspecified atom stereocenters. The maximum atomic E-state index is 11.3. The van der Waals surface area contributed by atoms with Gasteiger partial charge in [-0.05, 0) is 30.3 Å². The van der Waals surface area contributed by atoms with Crippen LogP contribution in [0.2, 0.25) is 0 Å². The first kappa shape index (κ1) is 10.6. The molecule has 0 aliphatic carbocycles. The lowest BCUT2D eigenvalue weighted by Gasteiger charge is -2.02. The number of nitrogens with zero attached hydrogens (tertiary/aromatic N) is 1. The normalized spacial score (nSPS) is 10.7. The molecule has 0 fully saturated rings. The average Bonchev–Trinajstić information content (AvgIpc) is 2.43. The van der Waals surface area contributed by atoms with E-state index in [1.54, 1.807) is 18.2 Å². The lowest BCUT2D eigenvalue weighted by Crippen LogP contribution is -1.99. The first-order chi connectivity index (χ1) is 8.78. The van der Waals surface area contributed by atoms with E-state index in [0.717, 1.165) is 21.8 Å². The van der Waals surface area contributed by atoms with Crippen LogP contribution in [0.15, 0.2) is 48.5 Å². The van der Waals surface area contributed by atoms with Gasteiger partial charge in [-0.2, -0.15) is 0 Å². The molecule has 0 saturated heterocycles. The van der Waals surface area contributed by atoms with Crippen molar-refractivity contribution in [1.29, 1.82) is 0 Å². The second kappa shape index (κ2) is 4.04. The van der Waals surface area contributed by atoms with E-state index >= 15 is 0 Å². The number of benzene rings is 2. The SMILES string of the molecule is O=CC(=O)c1ccc2nc3ccccc3cc2c1. The lowest BCUT2D eigenvalue weighted by molar-refractivity contribution is -0.104. The quantitative estimate of drug-likeness (QED) is 0.297. The zero-order chi connectivity index (χ0) is 12.5. The molecule has 3 aromatic rings. The van der Waals surface area contributed by atoms with E-state index in [0.29, 0.717) is 11.8 Å². The minimum atomic E-state index is -0.509. The molecule has 3 rings (SSSR count). The molecule has 3 heteroatoms. The number of rotatable bonds is 2. The van der Waals surface area contributed by atoms with Gasteiger partial charge >= 0.3 is 0 Å². The van der Waals surface area contributed by atoms with Gasteiger partial charge in [-0.3, -0.25) is 9.59 Å². The lowest BCUT2D eigenvalue weighted by atomic mass is 10.1. The minimum absolute atomic E-state index is 0.329. The number of aromatic nitrogens is 1. The maximum Gasteiger partial charge on any atom is 0.225 e. The molecular weight excluding hydrogens is 226 g/mol. The van der Waals surface area contributed by atoms with Crippen molar-refractivity contribution in [2.45, 2.75) is 0 Å². The van der Waals surface area contributed by atoms with E-state index in [9.17, 15) is 9.59 Å². The Labute approximate surface area is 103 Å². The summed E-state index contributed by atoms with van der Waals surface area (Å²) in [6.45, 7) is 0. The largest absolute Gasteiger partial charge is 0.294 e. The van der Waals surface area contributed by atoms with Gasteiger partial charge in [0.05, 0.1) is 11.0 Å². The van der Waals surface area contributed by atoms with Crippen LogP contribution in [-0.4, -0.2) is 17.1 Å². The van der Waals surface area contributed by atoms with E-state index in [2.05, 4.69) is 4.98 Å². The van der Waals surface area contributed by atoms with Crippen LogP contribution in [0, 0.1) is 0 Å². The van der Waals surface area contributed by atoms with Crippen LogP contribution < -0.4 is 0 Å². The molecule has 1 heterocycles. The van der Waals surface area contributed by atoms with Crippen LogP contribution >= 0.6 is 0 Å². The Morgan fingerprint density at radius 1 is 0.944 bits per heavy atom. The number of carbonyl (C=O) groups excluding carboxylic acids is 2. The van der Waals surface area contributed by atoms with Gasteiger partial charge in [-0.25, -0.2) is 4.98 Å². The Balaban J connectivity index is 2.30. The molecule has 0 aliphatic heterocycles. The Hall–Kier alpha value is -2.55. The zero-order valence-electron chi connectivity index (χ0n) is 9.46. The van der Waals surface area contributed by atoms with Gasteiger partial charge in [0.25, 0.3) is 0 Å². The van der Waals surface area contributed by atoms with Crippen LogP contribution in [0.25, 0.3) is 21.8 Å². The van der Waals surface area contributed by atoms with Crippen molar-refractivity contribution in [3.8, 4) is 0 Å². The molecule has 0 atom stereocenters. The highest BCUT2D eigenvalue weighted by Gasteiger charge is 2.06. The van der Waals surface area contributed by atoms with Gasteiger partial charge < -0.3 is 0 Å². The molecule has 0 amide bonds. The number of fused-ring (bicyclic) bond motifs is 2. The molecule has 3 nitrogen and oxygen atoms in total. The first-order valence-electron chi connectivity index (χ1n) is 5.57. The summed E-state index contributed by atoms with van der Waals surface area (Å²) in [4.78, 5) is 26.3. The van der Waals surface area contributed by atoms with Crippen LogP contribution in [0.3, 0.4) is 0 Å². The summed E-state index contributed by atoms with van der Waals surface area (Å²) in [6, 6.07) is 14.8. The summed E-state index contributed by atoms with van der Waals surface area (Å²) in [6.07, 6.45) is 0.329. The monoisotopic (exact) mass is 235 g/mol. The fraction of sp³-hybridized carbons (Fsp3) is 0. The third-order valence-electron chi connectivity index (χ3n) is 2.91. The van der Waals surface area contributed by atoms with Gasteiger partial charge in [-0.1, -0.05) is 18.2 Å². The highest BCUT2D eigenvalue weighted by molar-refractivity contribution is 6.33. The molecule has 1 aromatic heterocycles. The average molecular weight is 235 g/mol. The number of pyridine rings is 1. The van der Waals surface area contributed by atoms with Crippen molar-refractivity contribution < 1.29 is 9.59 Å². The summed E-state index contributed by atoms with van der Waals surface area (Å²) in [5, 5.41) is 1.88. The fourth-order valence-electron chi connectivity index (χ4n) is 2.00. The summed E-state index contributed by atoms with van der Waals surface area (Å²) in [5.74, 6) is -0.509. The fourth-order valence-corrected chi connectivity index (χ4v) is 2.00. The highest BCUT2D eigenvalue weighted by Crippen LogP contribution is 2.20. The number of Topliss-reactive ketones (excluding diaryl/α,β-unsaturated/α-hetero) is 1. The first-order valence-corrected chi connectivity index (χ1v) is 5.57. The Morgan fingerprint density at radius 3 is 2.56 bits per heavy atom. The highest BCUT2D eigenvalue weighted by atomic mass is 16.2. The topological polar surface area (TPSA) is 47.0 Å². The standard InChI is InChI=1S/C15H9NO2/c17-9-15(18)11-5-6-14-12(8-11)7-10-3-1-2-4-13(10)16-14/h1-9H. The molecule has 0 radical (unpaired) electrons. The Bertz CT molecular complexity index is 778. The Kier molecular flexibility index (Phi) is 2.38. The Morgan fingerprint density at radius 2 is 1.72 bits per heavy atom. The van der Waals surface area contributed by atoms with Crippen LogP contribution in [0.1, 0.15) is 10.4 Å². The summed E-state index contributed by atoms with van der Waals surface area (Å²) < 4.78 is 0. The van der Waals surface area contributed by atoms with Gasteiger partial charge in [0.15, 0.2) is 6.29 Å². The molecule has 2 aromatic carbocycles. The second-order valence-electron chi connectivity index (χ2n) is 4.07. The van der Waals surface area contributed by atoms with E-state index in [1.807, 2.05) is 30.3 Å². The molecule has 0 saturated carbocycles. The summed E-state index contributed by atoms with van der Waals surface area (Å²) >= 11 is 0. The van der Waals surface area contributed by atoms with E-state index < -0.39 is 5.78 Å². The molecule has 0 aliphatic rings. The van der Waals surface area contributed by atoms with E-state index in [4.69, 9.17) is 0 Å². The van der Waals surface area contributed by atoms with Crippen LogP contribution in [0.4, 0.5) is 0 Å². The van der Waals surface area contributed by atoms with E-state index in [-0.39, 0.29) is 0 Å². The van der Waals surface area contributed by atoms with Crippen molar-refractivity contribution in [2.75, 3.05) is 0 Å². The molecule has 86 valence electrons. The minimum Gasteiger partial charge on any atom is -0.294 e. The van der Waals surface area contributed by atoms with Gasteiger partial charge in [0.2, 0.25) is 5.78 Å². The number of carbonyl (C=O) groups is 2. The van der Waals surface area contributed by atoms with E-state index in [1.165, 1.54) is 0 Å².